The highest BCUT2D eigenvalue weighted by Crippen LogP contribution is 2.22. The zero-order valence-electron chi connectivity index (χ0n) is 9.98. The van der Waals surface area contributed by atoms with Gasteiger partial charge in [-0.2, -0.15) is 0 Å². The van der Waals surface area contributed by atoms with Crippen LogP contribution in [0.1, 0.15) is 12.5 Å². The number of hydrogen-bond acceptors (Lipinski definition) is 4. The fourth-order valence-electron chi connectivity index (χ4n) is 1.21. The largest absolute Gasteiger partial charge is 0.497 e. The maximum Gasteiger partial charge on any atom is 0.384 e. The van der Waals surface area contributed by atoms with Crippen LogP contribution in [-0.4, -0.2) is 25.3 Å². The van der Waals surface area contributed by atoms with Gasteiger partial charge in [-0.15, -0.1) is 0 Å². The van der Waals surface area contributed by atoms with Gasteiger partial charge in [0.2, 0.25) is 0 Å². The Balaban J connectivity index is 2.94. The lowest BCUT2D eigenvalue weighted by molar-refractivity contribution is -0.133. The van der Waals surface area contributed by atoms with Crippen LogP contribution in [0.25, 0.3) is 0 Å². The third kappa shape index (κ3) is 3.51. The molecule has 1 aromatic rings. The van der Waals surface area contributed by atoms with Crippen LogP contribution < -0.4 is 4.74 Å². The van der Waals surface area contributed by atoms with E-state index in [2.05, 4.69) is 16.6 Å². The Labute approximate surface area is 100 Å². The summed E-state index contributed by atoms with van der Waals surface area (Å²) in [6.07, 6.45) is 0. The summed E-state index contributed by atoms with van der Waals surface area (Å²) in [6.45, 7) is 1.50. The maximum atomic E-state index is 10.9. The lowest BCUT2D eigenvalue weighted by Gasteiger charge is -2.16. The van der Waals surface area contributed by atoms with Gasteiger partial charge in [0.1, 0.15) is 11.4 Å². The molecule has 0 spiro atoms. The number of esters is 1. The molecule has 0 saturated carbocycles. The third-order valence-electron chi connectivity index (χ3n) is 2.25. The van der Waals surface area contributed by atoms with Gasteiger partial charge in [-0.1, -0.05) is 18.1 Å². The quantitative estimate of drug-likeness (QED) is 0.472. The van der Waals surface area contributed by atoms with E-state index in [1.165, 1.54) is 14.0 Å². The van der Waals surface area contributed by atoms with Crippen molar-refractivity contribution in [1.29, 1.82) is 0 Å². The van der Waals surface area contributed by atoms with Crippen molar-refractivity contribution in [2.45, 2.75) is 12.5 Å². The second-order valence-electron chi connectivity index (χ2n) is 3.54. The van der Waals surface area contributed by atoms with Crippen molar-refractivity contribution in [2.24, 2.45) is 0 Å². The molecular weight excluding hydrogens is 220 g/mol. The van der Waals surface area contributed by atoms with E-state index in [1.54, 1.807) is 31.4 Å². The van der Waals surface area contributed by atoms with Gasteiger partial charge in [-0.3, -0.25) is 0 Å². The SMILES string of the molecule is COC(=O)C#CC(C)(O)c1ccc(OC)cc1. The van der Waals surface area contributed by atoms with E-state index in [1.807, 2.05) is 0 Å². The molecule has 1 aromatic carbocycles. The summed E-state index contributed by atoms with van der Waals surface area (Å²) in [5.41, 5.74) is -0.824. The Bertz CT molecular complexity index is 449. The Morgan fingerprint density at radius 3 is 2.35 bits per heavy atom. The van der Waals surface area contributed by atoms with Crippen molar-refractivity contribution in [2.75, 3.05) is 14.2 Å². The van der Waals surface area contributed by atoms with Crippen LogP contribution in [0.3, 0.4) is 0 Å². The molecule has 4 nitrogen and oxygen atoms in total. The first-order chi connectivity index (χ1) is 7.99. The average Bonchev–Trinajstić information content (AvgIpc) is 2.36. The number of ether oxygens (including phenoxy) is 2. The van der Waals surface area contributed by atoms with E-state index in [0.29, 0.717) is 11.3 Å². The van der Waals surface area contributed by atoms with Gasteiger partial charge in [0.05, 0.1) is 14.2 Å². The molecule has 4 heteroatoms. The number of rotatable bonds is 2. The van der Waals surface area contributed by atoms with Gasteiger partial charge in [0.25, 0.3) is 0 Å². The van der Waals surface area contributed by atoms with E-state index >= 15 is 0 Å². The summed E-state index contributed by atoms with van der Waals surface area (Å²) in [4.78, 5) is 10.9. The summed E-state index contributed by atoms with van der Waals surface area (Å²) < 4.78 is 9.38. The van der Waals surface area contributed by atoms with Crippen LogP contribution in [0.15, 0.2) is 24.3 Å². The third-order valence-corrected chi connectivity index (χ3v) is 2.25. The van der Waals surface area contributed by atoms with Crippen LogP contribution in [-0.2, 0) is 15.1 Å². The molecular formula is C13H14O4. The first-order valence-corrected chi connectivity index (χ1v) is 4.97. The molecule has 1 unspecified atom stereocenters. The molecule has 0 saturated heterocycles. The summed E-state index contributed by atoms with van der Waals surface area (Å²) in [7, 11) is 2.79. The summed E-state index contributed by atoms with van der Waals surface area (Å²) in [5.74, 6) is 4.66. The van der Waals surface area contributed by atoms with E-state index in [4.69, 9.17) is 4.74 Å². The molecule has 1 rings (SSSR count). The highest BCUT2D eigenvalue weighted by molar-refractivity contribution is 5.88. The lowest BCUT2D eigenvalue weighted by atomic mass is 9.97. The standard InChI is InChI=1S/C13H14O4/c1-13(15,9-8-12(14)17-3)10-4-6-11(16-2)7-5-10/h4-7,15H,1-3H3. The second-order valence-corrected chi connectivity index (χ2v) is 3.54. The number of carbonyl (C=O) groups is 1. The van der Waals surface area contributed by atoms with Crippen LogP contribution in [0.4, 0.5) is 0 Å². The zero-order chi connectivity index (χ0) is 12.9. The van der Waals surface area contributed by atoms with Gasteiger partial charge in [-0.05, 0) is 24.6 Å². The smallest absolute Gasteiger partial charge is 0.384 e. The first-order valence-electron chi connectivity index (χ1n) is 4.97. The van der Waals surface area contributed by atoms with E-state index in [9.17, 15) is 9.90 Å². The highest BCUT2D eigenvalue weighted by atomic mass is 16.5. The van der Waals surface area contributed by atoms with Gasteiger partial charge in [-0.25, -0.2) is 4.79 Å². The van der Waals surface area contributed by atoms with Crippen molar-refractivity contribution >= 4 is 5.97 Å². The van der Waals surface area contributed by atoms with E-state index in [-0.39, 0.29) is 0 Å². The number of carbonyl (C=O) groups excluding carboxylic acids is 1. The van der Waals surface area contributed by atoms with Crippen molar-refractivity contribution in [3.8, 4) is 17.6 Å². The minimum absolute atomic E-state index is 0.578. The number of hydrogen-bond donors (Lipinski definition) is 1. The maximum absolute atomic E-state index is 10.9. The van der Waals surface area contributed by atoms with Crippen LogP contribution >= 0.6 is 0 Å². The Hall–Kier alpha value is -1.99. The van der Waals surface area contributed by atoms with Crippen molar-refractivity contribution in [3.63, 3.8) is 0 Å². The second kappa shape index (κ2) is 5.37. The van der Waals surface area contributed by atoms with Gasteiger partial charge in [0, 0.05) is 5.92 Å². The Kier molecular flexibility index (Phi) is 4.13. The minimum Gasteiger partial charge on any atom is -0.497 e. The fraction of sp³-hybridized carbons (Fsp3) is 0.308. The molecule has 0 radical (unpaired) electrons. The number of aliphatic hydroxyl groups is 1. The fourth-order valence-corrected chi connectivity index (χ4v) is 1.21. The number of benzene rings is 1. The van der Waals surface area contributed by atoms with Crippen molar-refractivity contribution < 1.29 is 19.4 Å². The Morgan fingerprint density at radius 1 is 1.29 bits per heavy atom. The normalized spacial score (nSPS) is 12.9. The molecule has 0 aromatic heterocycles. The van der Waals surface area contributed by atoms with Crippen LogP contribution in [0, 0.1) is 11.8 Å². The summed E-state index contributed by atoms with van der Waals surface area (Å²) >= 11 is 0. The predicted molar refractivity (Wildman–Crippen MR) is 62.4 cm³/mol. The number of methoxy groups -OCH3 is 2. The molecule has 0 aliphatic heterocycles. The summed E-state index contributed by atoms with van der Waals surface area (Å²) in [5, 5.41) is 10.1. The van der Waals surface area contributed by atoms with Crippen molar-refractivity contribution in [1.82, 2.24) is 0 Å². The molecule has 17 heavy (non-hydrogen) atoms. The van der Waals surface area contributed by atoms with Gasteiger partial charge < -0.3 is 14.6 Å². The molecule has 1 N–H and O–H groups in total. The highest BCUT2D eigenvalue weighted by Gasteiger charge is 2.20. The van der Waals surface area contributed by atoms with Crippen LogP contribution in [0.2, 0.25) is 0 Å². The molecule has 0 aliphatic rings. The molecule has 0 aliphatic carbocycles. The average molecular weight is 234 g/mol. The lowest BCUT2D eigenvalue weighted by Crippen LogP contribution is -2.18. The molecule has 1 atom stereocenters. The van der Waals surface area contributed by atoms with E-state index < -0.39 is 11.6 Å². The van der Waals surface area contributed by atoms with E-state index in [0.717, 1.165) is 0 Å². The van der Waals surface area contributed by atoms with Gasteiger partial charge >= 0.3 is 5.97 Å². The van der Waals surface area contributed by atoms with Crippen LogP contribution in [0.5, 0.6) is 5.75 Å². The molecule has 0 bridgehead atoms. The molecule has 0 fully saturated rings. The monoisotopic (exact) mass is 234 g/mol. The first kappa shape index (κ1) is 13.1. The van der Waals surface area contributed by atoms with Crippen molar-refractivity contribution in [3.05, 3.63) is 29.8 Å². The Morgan fingerprint density at radius 2 is 1.88 bits per heavy atom. The predicted octanol–water partition coefficient (Wildman–Crippen LogP) is 1.08. The minimum atomic E-state index is -1.40. The molecule has 90 valence electrons. The van der Waals surface area contributed by atoms with Gasteiger partial charge in [0.15, 0.2) is 0 Å². The molecule has 0 heterocycles. The zero-order valence-corrected chi connectivity index (χ0v) is 9.98. The topological polar surface area (TPSA) is 55.8 Å². The molecule has 0 amide bonds. The summed E-state index contributed by atoms with van der Waals surface area (Å²) in [6, 6.07) is 6.79.